The predicted molar refractivity (Wildman–Crippen MR) is 50.0 cm³/mol. The second-order valence-corrected chi connectivity index (χ2v) is 3.14. The van der Waals surface area contributed by atoms with Gasteiger partial charge in [-0.25, -0.2) is 4.39 Å². The van der Waals surface area contributed by atoms with Gasteiger partial charge in [0.2, 0.25) is 0 Å². The molecule has 0 saturated carbocycles. The highest BCUT2D eigenvalue weighted by Gasteiger charge is 2.13. The van der Waals surface area contributed by atoms with Crippen molar-refractivity contribution in [1.29, 1.82) is 0 Å². The van der Waals surface area contributed by atoms with Crippen LogP contribution in [0.4, 0.5) is 4.39 Å². The minimum atomic E-state index is -0.872. The first kappa shape index (κ1) is 10.4. The summed E-state index contributed by atoms with van der Waals surface area (Å²) in [5, 5.41) is 9.47. The predicted octanol–water partition coefficient (Wildman–Crippen LogP) is 1.86. The summed E-state index contributed by atoms with van der Waals surface area (Å²) in [7, 11) is 0. The highest BCUT2D eigenvalue weighted by atomic mass is 35.5. The Morgan fingerprint density at radius 1 is 1.54 bits per heavy atom. The number of rotatable bonds is 3. The van der Waals surface area contributed by atoms with E-state index in [-0.39, 0.29) is 10.6 Å². The van der Waals surface area contributed by atoms with Gasteiger partial charge in [-0.15, -0.1) is 0 Å². The van der Waals surface area contributed by atoms with Gasteiger partial charge in [-0.1, -0.05) is 23.7 Å². The van der Waals surface area contributed by atoms with Crippen molar-refractivity contribution in [2.75, 3.05) is 6.54 Å². The molecule has 0 aromatic heterocycles. The Bertz CT molecular complexity index is 293. The fourth-order valence-electron chi connectivity index (χ4n) is 1.09. The molecule has 0 heterocycles. The molecular formula is C9H11ClFNO. The van der Waals surface area contributed by atoms with E-state index in [0.29, 0.717) is 13.0 Å². The van der Waals surface area contributed by atoms with E-state index in [9.17, 15) is 9.50 Å². The lowest BCUT2D eigenvalue weighted by atomic mass is 10.1. The Hall–Kier alpha value is -0.640. The minimum Gasteiger partial charge on any atom is -0.388 e. The highest BCUT2D eigenvalue weighted by molar-refractivity contribution is 6.30. The van der Waals surface area contributed by atoms with E-state index in [1.165, 1.54) is 12.1 Å². The average Bonchev–Trinajstić information content (AvgIpc) is 2.10. The standard InChI is InChI=1S/C9H11ClFNO/c10-7-3-1-2-6(9(7)11)8(13)4-5-12/h1-3,8,13H,4-5,12H2. The fraction of sp³-hybridized carbons (Fsp3) is 0.333. The van der Waals surface area contributed by atoms with Crippen molar-refractivity contribution in [3.63, 3.8) is 0 Å². The molecule has 1 aromatic carbocycles. The molecule has 0 radical (unpaired) electrons. The van der Waals surface area contributed by atoms with Gasteiger partial charge in [0.1, 0.15) is 5.82 Å². The molecule has 0 spiro atoms. The van der Waals surface area contributed by atoms with Gasteiger partial charge < -0.3 is 10.8 Å². The number of aliphatic hydroxyl groups excluding tert-OH is 1. The number of halogens is 2. The quantitative estimate of drug-likeness (QED) is 0.788. The van der Waals surface area contributed by atoms with Gasteiger partial charge in [-0.05, 0) is 19.0 Å². The van der Waals surface area contributed by atoms with E-state index >= 15 is 0 Å². The van der Waals surface area contributed by atoms with Crippen LogP contribution in [-0.2, 0) is 0 Å². The molecule has 0 aliphatic carbocycles. The Kier molecular flexibility index (Phi) is 3.66. The number of hydrogen-bond donors (Lipinski definition) is 2. The molecule has 13 heavy (non-hydrogen) atoms. The van der Waals surface area contributed by atoms with E-state index in [1.54, 1.807) is 6.07 Å². The zero-order valence-electron chi connectivity index (χ0n) is 7.00. The minimum absolute atomic E-state index is 0.0218. The van der Waals surface area contributed by atoms with E-state index in [4.69, 9.17) is 17.3 Å². The monoisotopic (exact) mass is 203 g/mol. The second-order valence-electron chi connectivity index (χ2n) is 2.74. The summed E-state index contributed by atoms with van der Waals surface area (Å²) >= 11 is 5.54. The van der Waals surface area contributed by atoms with Crippen LogP contribution in [0.15, 0.2) is 18.2 Å². The lowest BCUT2D eigenvalue weighted by Crippen LogP contribution is -2.08. The maximum absolute atomic E-state index is 13.2. The smallest absolute Gasteiger partial charge is 0.147 e. The summed E-state index contributed by atoms with van der Waals surface area (Å²) in [6.07, 6.45) is -0.541. The average molecular weight is 204 g/mol. The van der Waals surface area contributed by atoms with Crippen LogP contribution in [0, 0.1) is 5.82 Å². The fourth-order valence-corrected chi connectivity index (χ4v) is 1.27. The Balaban J connectivity index is 2.93. The lowest BCUT2D eigenvalue weighted by Gasteiger charge is -2.10. The second kappa shape index (κ2) is 4.56. The molecule has 0 saturated heterocycles. The molecule has 0 aliphatic heterocycles. The Morgan fingerprint density at radius 2 is 2.23 bits per heavy atom. The Morgan fingerprint density at radius 3 is 2.85 bits per heavy atom. The summed E-state index contributed by atoms with van der Waals surface area (Å²) in [5.74, 6) is -0.565. The van der Waals surface area contributed by atoms with Crippen molar-refractivity contribution in [2.45, 2.75) is 12.5 Å². The van der Waals surface area contributed by atoms with Gasteiger partial charge in [0.15, 0.2) is 0 Å². The van der Waals surface area contributed by atoms with Gasteiger partial charge in [0.25, 0.3) is 0 Å². The molecule has 4 heteroatoms. The number of aliphatic hydroxyl groups is 1. The molecule has 2 nitrogen and oxygen atoms in total. The van der Waals surface area contributed by atoms with E-state index in [1.807, 2.05) is 0 Å². The molecule has 1 atom stereocenters. The van der Waals surface area contributed by atoms with Crippen molar-refractivity contribution >= 4 is 11.6 Å². The third kappa shape index (κ3) is 2.40. The molecule has 3 N–H and O–H groups in total. The van der Waals surface area contributed by atoms with E-state index < -0.39 is 11.9 Å². The molecule has 72 valence electrons. The number of hydrogen-bond acceptors (Lipinski definition) is 2. The molecule has 1 rings (SSSR count). The van der Waals surface area contributed by atoms with E-state index in [0.717, 1.165) is 0 Å². The lowest BCUT2D eigenvalue weighted by molar-refractivity contribution is 0.165. The molecule has 1 aromatic rings. The maximum atomic E-state index is 13.2. The first-order valence-electron chi connectivity index (χ1n) is 3.99. The van der Waals surface area contributed by atoms with Crippen LogP contribution < -0.4 is 5.73 Å². The van der Waals surface area contributed by atoms with Crippen molar-refractivity contribution in [2.24, 2.45) is 5.73 Å². The SMILES string of the molecule is NCCC(O)c1cccc(Cl)c1F. The van der Waals surface area contributed by atoms with Crippen LogP contribution in [0.25, 0.3) is 0 Å². The van der Waals surface area contributed by atoms with Crippen molar-refractivity contribution in [3.8, 4) is 0 Å². The third-order valence-electron chi connectivity index (χ3n) is 1.78. The van der Waals surface area contributed by atoms with Gasteiger partial charge in [0.05, 0.1) is 11.1 Å². The summed E-state index contributed by atoms with van der Waals surface area (Å²) in [6, 6.07) is 4.54. The molecule has 0 amide bonds. The van der Waals surface area contributed by atoms with Crippen LogP contribution in [0.1, 0.15) is 18.1 Å². The van der Waals surface area contributed by atoms with Crippen molar-refractivity contribution in [3.05, 3.63) is 34.6 Å². The number of benzene rings is 1. The van der Waals surface area contributed by atoms with Crippen LogP contribution in [0.3, 0.4) is 0 Å². The summed E-state index contributed by atoms with van der Waals surface area (Å²) in [4.78, 5) is 0. The van der Waals surface area contributed by atoms with Crippen LogP contribution >= 0.6 is 11.6 Å². The maximum Gasteiger partial charge on any atom is 0.147 e. The largest absolute Gasteiger partial charge is 0.388 e. The molecular weight excluding hydrogens is 193 g/mol. The summed E-state index contributed by atoms with van der Waals surface area (Å²) in [5.41, 5.74) is 5.45. The normalized spacial score (nSPS) is 12.9. The van der Waals surface area contributed by atoms with Crippen LogP contribution in [0.2, 0.25) is 5.02 Å². The summed E-state index contributed by atoms with van der Waals surface area (Å²) < 4.78 is 13.2. The summed E-state index contributed by atoms with van der Waals surface area (Å²) in [6.45, 7) is 0.313. The zero-order valence-corrected chi connectivity index (χ0v) is 7.76. The Labute approximate surface area is 81.1 Å². The molecule has 1 unspecified atom stereocenters. The third-order valence-corrected chi connectivity index (χ3v) is 2.07. The first-order chi connectivity index (χ1) is 6.16. The van der Waals surface area contributed by atoms with Crippen molar-refractivity contribution in [1.82, 2.24) is 0 Å². The highest BCUT2D eigenvalue weighted by Crippen LogP contribution is 2.24. The van der Waals surface area contributed by atoms with Gasteiger partial charge >= 0.3 is 0 Å². The van der Waals surface area contributed by atoms with E-state index in [2.05, 4.69) is 0 Å². The van der Waals surface area contributed by atoms with Gasteiger partial charge in [-0.3, -0.25) is 0 Å². The molecule has 0 fully saturated rings. The topological polar surface area (TPSA) is 46.2 Å². The van der Waals surface area contributed by atoms with Gasteiger partial charge in [0, 0.05) is 5.56 Å². The molecule has 0 aliphatic rings. The first-order valence-corrected chi connectivity index (χ1v) is 4.36. The van der Waals surface area contributed by atoms with Gasteiger partial charge in [-0.2, -0.15) is 0 Å². The van der Waals surface area contributed by atoms with Crippen molar-refractivity contribution < 1.29 is 9.50 Å². The van der Waals surface area contributed by atoms with Crippen LogP contribution in [-0.4, -0.2) is 11.7 Å². The zero-order chi connectivity index (χ0) is 9.84. The molecule has 0 bridgehead atoms. The number of nitrogens with two attached hydrogens (primary N) is 1. The van der Waals surface area contributed by atoms with Crippen LogP contribution in [0.5, 0.6) is 0 Å².